The highest BCUT2D eigenvalue weighted by atomic mass is 16.4. The molecule has 1 N–H and O–H groups in total. The molecule has 0 saturated carbocycles. The topological polar surface area (TPSA) is 60.9 Å². The first-order valence-corrected chi connectivity index (χ1v) is 7.33. The molecule has 0 spiro atoms. The van der Waals surface area contributed by atoms with Gasteiger partial charge in [-0.05, 0) is 31.1 Å². The Labute approximate surface area is 114 Å². The zero-order valence-electron chi connectivity index (χ0n) is 11.8. The van der Waals surface area contributed by atoms with Gasteiger partial charge >= 0.3 is 12.0 Å². The molecule has 2 amide bonds. The molecule has 0 aromatic rings. The van der Waals surface area contributed by atoms with Crippen molar-refractivity contribution in [3.8, 4) is 0 Å². The summed E-state index contributed by atoms with van der Waals surface area (Å²) in [6, 6.07) is -0.715. The predicted octanol–water partition coefficient (Wildman–Crippen LogP) is 2.02. The molecule has 0 aromatic heterocycles. The van der Waals surface area contributed by atoms with Crippen LogP contribution in [0.15, 0.2) is 0 Å². The Kier molecular flexibility index (Phi) is 4.32. The lowest BCUT2D eigenvalue weighted by Crippen LogP contribution is -2.48. The summed E-state index contributed by atoms with van der Waals surface area (Å²) in [4.78, 5) is 27.1. The van der Waals surface area contributed by atoms with Crippen molar-refractivity contribution >= 4 is 12.0 Å². The maximum absolute atomic E-state index is 12.4. The molecule has 108 valence electrons. The minimum absolute atomic E-state index is 0.0514. The average molecular weight is 268 g/mol. The van der Waals surface area contributed by atoms with Gasteiger partial charge < -0.3 is 14.9 Å². The summed E-state index contributed by atoms with van der Waals surface area (Å²) < 4.78 is 0. The number of amides is 2. The Bertz CT molecular complexity index is 359. The van der Waals surface area contributed by atoms with Gasteiger partial charge in [0.25, 0.3) is 0 Å². The van der Waals surface area contributed by atoms with Crippen LogP contribution in [0.4, 0.5) is 4.79 Å². The maximum Gasteiger partial charge on any atom is 0.326 e. The largest absolute Gasteiger partial charge is 0.480 e. The number of rotatable bonds is 3. The summed E-state index contributed by atoms with van der Waals surface area (Å²) in [6.07, 6.45) is 4.14. The van der Waals surface area contributed by atoms with Gasteiger partial charge in [-0.25, -0.2) is 9.59 Å². The lowest BCUT2D eigenvalue weighted by Gasteiger charge is -2.28. The van der Waals surface area contributed by atoms with Gasteiger partial charge in [-0.3, -0.25) is 0 Å². The third-order valence-electron chi connectivity index (χ3n) is 4.45. The molecule has 2 saturated heterocycles. The van der Waals surface area contributed by atoms with Crippen LogP contribution in [0, 0.1) is 11.8 Å². The molecule has 2 fully saturated rings. The number of hydrogen-bond donors (Lipinski definition) is 1. The number of likely N-dealkylation sites (tertiary alicyclic amines) is 2. The number of nitrogens with zero attached hydrogens (tertiary/aromatic N) is 2. The number of hydrogen-bond acceptors (Lipinski definition) is 2. The summed E-state index contributed by atoms with van der Waals surface area (Å²) in [5.41, 5.74) is 0. The van der Waals surface area contributed by atoms with Gasteiger partial charge in [0.1, 0.15) is 6.04 Å². The lowest BCUT2D eigenvalue weighted by molar-refractivity contribution is -0.142. The number of urea groups is 1. The molecule has 0 aliphatic carbocycles. The normalized spacial score (nSPS) is 30.9. The van der Waals surface area contributed by atoms with Gasteiger partial charge in [-0.15, -0.1) is 0 Å². The van der Waals surface area contributed by atoms with Gasteiger partial charge in [0.05, 0.1) is 0 Å². The van der Waals surface area contributed by atoms with Gasteiger partial charge in [0.15, 0.2) is 0 Å². The highest BCUT2D eigenvalue weighted by molar-refractivity contribution is 5.83. The van der Waals surface area contributed by atoms with E-state index in [1.54, 1.807) is 4.90 Å². The summed E-state index contributed by atoms with van der Waals surface area (Å²) in [7, 11) is 0. The van der Waals surface area contributed by atoms with E-state index in [4.69, 9.17) is 0 Å². The zero-order chi connectivity index (χ0) is 14.0. The van der Waals surface area contributed by atoms with Crippen LogP contribution in [0.1, 0.15) is 39.5 Å². The van der Waals surface area contributed by atoms with E-state index in [-0.39, 0.29) is 11.9 Å². The molecule has 19 heavy (non-hydrogen) atoms. The molecule has 0 bridgehead atoms. The second-order valence-corrected chi connectivity index (χ2v) is 5.91. The molecule has 5 nitrogen and oxygen atoms in total. The van der Waals surface area contributed by atoms with E-state index in [2.05, 4.69) is 6.92 Å². The van der Waals surface area contributed by atoms with Gasteiger partial charge in [-0.1, -0.05) is 20.3 Å². The summed E-state index contributed by atoms with van der Waals surface area (Å²) in [5.74, 6) is -0.226. The van der Waals surface area contributed by atoms with Crippen LogP contribution in [0.25, 0.3) is 0 Å². The maximum atomic E-state index is 12.4. The molecular weight excluding hydrogens is 244 g/mol. The number of carbonyl (C=O) groups excluding carboxylic acids is 1. The van der Waals surface area contributed by atoms with E-state index in [0.717, 1.165) is 38.8 Å². The Morgan fingerprint density at radius 2 is 2.00 bits per heavy atom. The highest BCUT2D eigenvalue weighted by Crippen LogP contribution is 2.28. The molecule has 0 aromatic carbocycles. The monoisotopic (exact) mass is 268 g/mol. The predicted molar refractivity (Wildman–Crippen MR) is 71.9 cm³/mol. The van der Waals surface area contributed by atoms with Crippen LogP contribution in [0.3, 0.4) is 0 Å². The second-order valence-electron chi connectivity index (χ2n) is 5.91. The first-order chi connectivity index (χ1) is 9.04. The summed E-state index contributed by atoms with van der Waals surface area (Å²) in [5, 5.41) is 9.27. The fourth-order valence-electron chi connectivity index (χ4n) is 3.37. The van der Waals surface area contributed by atoms with Gasteiger partial charge in [0, 0.05) is 19.6 Å². The smallest absolute Gasteiger partial charge is 0.326 e. The van der Waals surface area contributed by atoms with E-state index in [1.807, 2.05) is 11.8 Å². The Morgan fingerprint density at radius 1 is 1.26 bits per heavy atom. The minimum Gasteiger partial charge on any atom is -0.480 e. The van der Waals surface area contributed by atoms with Crippen molar-refractivity contribution < 1.29 is 14.7 Å². The molecule has 2 rings (SSSR count). The van der Waals surface area contributed by atoms with Crippen molar-refractivity contribution in [3.05, 3.63) is 0 Å². The van der Waals surface area contributed by atoms with Crippen LogP contribution in [-0.4, -0.2) is 52.6 Å². The number of carbonyl (C=O) groups is 2. The average Bonchev–Trinajstić information content (AvgIpc) is 2.95. The van der Waals surface area contributed by atoms with Crippen LogP contribution >= 0.6 is 0 Å². The molecule has 2 heterocycles. The molecule has 5 heteroatoms. The molecule has 2 aliphatic rings. The van der Waals surface area contributed by atoms with Crippen molar-refractivity contribution in [3.63, 3.8) is 0 Å². The van der Waals surface area contributed by atoms with E-state index in [1.165, 1.54) is 0 Å². The van der Waals surface area contributed by atoms with Gasteiger partial charge in [0.2, 0.25) is 0 Å². The van der Waals surface area contributed by atoms with Crippen molar-refractivity contribution in [1.29, 1.82) is 0 Å². The standard InChI is InChI=1S/C14H24N2O3/c1-3-4-11-6-7-15(9-11)14(19)16-8-5-10(2)12(16)13(17)18/h10-12H,3-9H2,1-2H3,(H,17,18). The molecule has 0 radical (unpaired) electrons. The van der Waals surface area contributed by atoms with Crippen LogP contribution in [-0.2, 0) is 4.79 Å². The number of aliphatic carboxylic acids is 1. The van der Waals surface area contributed by atoms with E-state index >= 15 is 0 Å². The third kappa shape index (κ3) is 2.85. The third-order valence-corrected chi connectivity index (χ3v) is 4.45. The minimum atomic E-state index is -0.873. The fourth-order valence-corrected chi connectivity index (χ4v) is 3.37. The van der Waals surface area contributed by atoms with E-state index in [9.17, 15) is 14.7 Å². The zero-order valence-corrected chi connectivity index (χ0v) is 11.8. The molecular formula is C14H24N2O3. The van der Waals surface area contributed by atoms with Crippen molar-refractivity contribution in [1.82, 2.24) is 9.80 Å². The Balaban J connectivity index is 1.98. The first-order valence-electron chi connectivity index (χ1n) is 7.33. The number of carboxylic acid groups (broad SMARTS) is 1. The van der Waals surface area contributed by atoms with Crippen molar-refractivity contribution in [2.75, 3.05) is 19.6 Å². The SMILES string of the molecule is CCCC1CCN(C(=O)N2CCC(C)C2C(=O)O)C1. The second kappa shape index (κ2) is 5.80. The molecule has 2 aliphatic heterocycles. The quantitative estimate of drug-likeness (QED) is 0.852. The van der Waals surface area contributed by atoms with Crippen molar-refractivity contribution in [2.24, 2.45) is 11.8 Å². The van der Waals surface area contributed by atoms with Gasteiger partial charge in [-0.2, -0.15) is 0 Å². The van der Waals surface area contributed by atoms with Crippen LogP contribution in [0.2, 0.25) is 0 Å². The first kappa shape index (κ1) is 14.2. The van der Waals surface area contributed by atoms with E-state index < -0.39 is 12.0 Å². The fraction of sp³-hybridized carbons (Fsp3) is 0.857. The molecule has 3 unspecified atom stereocenters. The summed E-state index contributed by atoms with van der Waals surface area (Å²) in [6.45, 7) is 6.22. The summed E-state index contributed by atoms with van der Waals surface area (Å²) >= 11 is 0. The van der Waals surface area contributed by atoms with Crippen molar-refractivity contribution in [2.45, 2.75) is 45.6 Å². The van der Waals surface area contributed by atoms with Crippen LogP contribution < -0.4 is 0 Å². The number of carboxylic acids is 1. The van der Waals surface area contributed by atoms with E-state index in [0.29, 0.717) is 12.5 Å². The van der Waals surface area contributed by atoms with Crippen LogP contribution in [0.5, 0.6) is 0 Å². The molecule has 3 atom stereocenters. The highest BCUT2D eigenvalue weighted by Gasteiger charge is 2.42. The Morgan fingerprint density at radius 3 is 2.63 bits per heavy atom. The lowest BCUT2D eigenvalue weighted by atomic mass is 10.0. The Hall–Kier alpha value is -1.26.